The van der Waals surface area contributed by atoms with Gasteiger partial charge in [0.15, 0.2) is 5.82 Å². The van der Waals surface area contributed by atoms with Gasteiger partial charge in [-0.15, -0.1) is 11.8 Å². The van der Waals surface area contributed by atoms with Gasteiger partial charge in [0.05, 0.1) is 15.3 Å². The number of nitrogens with zero attached hydrogens (tertiary/aromatic N) is 5. The molecule has 0 saturated carbocycles. The average molecular weight is 938 g/mol. The average Bonchev–Trinajstić information content (AvgIpc) is 3.28. The van der Waals surface area contributed by atoms with Crippen molar-refractivity contribution in [2.24, 2.45) is 0 Å². The molecule has 1 aromatic heterocycles. The smallest absolute Gasteiger partial charge is 0.407 e. The molecule has 6 aromatic rings. The predicted molar refractivity (Wildman–Crippen MR) is 260 cm³/mol. The lowest BCUT2D eigenvalue weighted by Gasteiger charge is -2.36. The van der Waals surface area contributed by atoms with Crippen molar-refractivity contribution in [1.29, 1.82) is 0 Å². The van der Waals surface area contributed by atoms with Gasteiger partial charge in [0.2, 0.25) is 0 Å². The van der Waals surface area contributed by atoms with Crippen LogP contribution in [0.4, 0.5) is 27.7 Å². The van der Waals surface area contributed by atoms with Gasteiger partial charge in [0, 0.05) is 78.1 Å². The number of thioether (sulfide) groups is 1. The number of rotatable bonds is 18. The van der Waals surface area contributed by atoms with Gasteiger partial charge in [-0.1, -0.05) is 66.2 Å². The Kier molecular flexibility index (Phi) is 15.5. The zero-order chi connectivity index (χ0) is 46.0. The van der Waals surface area contributed by atoms with E-state index >= 15 is 0 Å². The number of halogens is 1. The summed E-state index contributed by atoms with van der Waals surface area (Å²) >= 11 is 7.76. The van der Waals surface area contributed by atoms with E-state index in [1.807, 2.05) is 66.7 Å². The lowest BCUT2D eigenvalue weighted by molar-refractivity contribution is -0.384. The molecule has 0 radical (unpaired) electrons. The molecule has 340 valence electrons. The Morgan fingerprint density at radius 3 is 2.38 bits per heavy atom. The normalized spacial score (nSPS) is 13.9. The number of hydrogen-bond donors (Lipinski definition) is 3. The number of alkyl carbamates (subject to hydrolysis) is 1. The van der Waals surface area contributed by atoms with E-state index in [2.05, 4.69) is 59.4 Å². The van der Waals surface area contributed by atoms with Crippen molar-refractivity contribution < 1.29 is 22.9 Å². The molecule has 0 aliphatic carbocycles. The second kappa shape index (κ2) is 21.4. The molecule has 1 saturated heterocycles. The van der Waals surface area contributed by atoms with Crippen molar-refractivity contribution in [2.75, 3.05) is 53.4 Å². The number of unbranched alkanes of at least 4 members (excludes halogenated alkanes) is 1. The Labute approximate surface area is 389 Å². The molecular weight excluding hydrogens is 884 g/mol. The lowest BCUT2D eigenvalue weighted by atomic mass is 9.99. The highest BCUT2D eigenvalue weighted by Crippen LogP contribution is 2.33. The number of carbonyl (C=O) groups is 1. The lowest BCUT2D eigenvalue weighted by Crippen LogP contribution is -2.46. The van der Waals surface area contributed by atoms with Crippen LogP contribution in [0.15, 0.2) is 131 Å². The van der Waals surface area contributed by atoms with E-state index in [9.17, 15) is 23.3 Å². The second-order valence-electron chi connectivity index (χ2n) is 16.8. The molecule has 7 rings (SSSR count). The molecule has 1 aliphatic heterocycles. The summed E-state index contributed by atoms with van der Waals surface area (Å²) in [6.07, 6.45) is 2.82. The molecule has 17 heteroatoms. The van der Waals surface area contributed by atoms with Crippen molar-refractivity contribution in [3.63, 3.8) is 0 Å². The van der Waals surface area contributed by atoms with Gasteiger partial charge in [-0.2, -0.15) is 0 Å². The number of nitro groups is 1. The third-order valence-electron chi connectivity index (χ3n) is 10.8. The largest absolute Gasteiger partial charge is 0.444 e. The molecule has 14 nitrogen and oxygen atoms in total. The SMILES string of the molecule is CC(C)(C)OC(=O)NCCCC[C@H](CSc1ccccc1)Nc1ccc(S(=O)(=O)Nc2ncnc3cc(N4CCN(Cc5ccccc5-c5ccc(Cl)cc5)CC4)ccc23)cc1[N+](=O)[O-]. The third-order valence-corrected chi connectivity index (χ3v) is 13.6. The fourth-order valence-corrected chi connectivity index (χ4v) is 9.75. The molecule has 0 unspecified atom stereocenters. The van der Waals surface area contributed by atoms with Crippen LogP contribution in [0.5, 0.6) is 0 Å². The Morgan fingerprint density at radius 1 is 0.908 bits per heavy atom. The summed E-state index contributed by atoms with van der Waals surface area (Å²) < 4.78 is 35.6. The molecular formula is C48H53ClN8O6S2. The summed E-state index contributed by atoms with van der Waals surface area (Å²) in [5.41, 5.74) is 4.30. The maximum atomic E-state index is 13.9. The van der Waals surface area contributed by atoms with Gasteiger partial charge in [-0.05, 0) is 111 Å². The highest BCUT2D eigenvalue weighted by molar-refractivity contribution is 7.99. The van der Waals surface area contributed by atoms with E-state index in [0.29, 0.717) is 47.5 Å². The molecule has 0 spiro atoms. The number of fused-ring (bicyclic) bond motifs is 1. The zero-order valence-electron chi connectivity index (χ0n) is 36.6. The summed E-state index contributed by atoms with van der Waals surface area (Å²) in [5, 5.41) is 19.7. The number of hydrogen-bond acceptors (Lipinski definition) is 12. The summed E-state index contributed by atoms with van der Waals surface area (Å²) in [7, 11) is -4.32. The van der Waals surface area contributed by atoms with E-state index in [-0.39, 0.29) is 28.1 Å². The number of carbonyl (C=O) groups excluding carboxylic acids is 1. The number of ether oxygens (including phenoxy) is 1. The van der Waals surface area contributed by atoms with E-state index < -0.39 is 26.6 Å². The number of amides is 1. The maximum absolute atomic E-state index is 13.9. The van der Waals surface area contributed by atoms with Gasteiger partial charge in [0.1, 0.15) is 17.6 Å². The van der Waals surface area contributed by atoms with Crippen LogP contribution in [-0.2, 0) is 21.3 Å². The number of piperazine rings is 1. The first-order chi connectivity index (χ1) is 31.2. The number of benzene rings is 5. The Morgan fingerprint density at radius 2 is 1.65 bits per heavy atom. The molecule has 65 heavy (non-hydrogen) atoms. The van der Waals surface area contributed by atoms with Crippen LogP contribution in [0.1, 0.15) is 45.6 Å². The van der Waals surface area contributed by atoms with Crippen molar-refractivity contribution in [3.8, 4) is 11.1 Å². The van der Waals surface area contributed by atoms with Crippen molar-refractivity contribution in [1.82, 2.24) is 20.2 Å². The Bertz CT molecular complexity index is 2700. The van der Waals surface area contributed by atoms with Crippen LogP contribution >= 0.6 is 23.4 Å². The minimum absolute atomic E-state index is 0.0646. The fraction of sp³-hybridized carbons (Fsp3) is 0.312. The van der Waals surface area contributed by atoms with Crippen LogP contribution in [-0.4, -0.2) is 84.4 Å². The minimum atomic E-state index is -4.32. The van der Waals surface area contributed by atoms with E-state index in [4.69, 9.17) is 16.3 Å². The van der Waals surface area contributed by atoms with Crippen LogP contribution in [0, 0.1) is 10.1 Å². The number of nitrogens with one attached hydrogen (secondary N) is 3. The molecule has 1 aliphatic rings. The molecule has 3 N–H and O–H groups in total. The predicted octanol–water partition coefficient (Wildman–Crippen LogP) is 10.2. The number of sulfonamides is 1. The number of nitro benzene ring substituents is 1. The summed E-state index contributed by atoms with van der Waals surface area (Å²) in [4.78, 5) is 38.2. The van der Waals surface area contributed by atoms with Gasteiger partial charge in [-0.25, -0.2) is 23.2 Å². The summed E-state index contributed by atoms with van der Waals surface area (Å²) in [6, 6.07) is 35.5. The first-order valence-electron chi connectivity index (χ1n) is 21.5. The van der Waals surface area contributed by atoms with E-state index in [1.165, 1.54) is 29.6 Å². The van der Waals surface area contributed by atoms with Crippen molar-refractivity contribution in [2.45, 2.75) is 68.0 Å². The van der Waals surface area contributed by atoms with Gasteiger partial charge >= 0.3 is 6.09 Å². The molecule has 1 atom stereocenters. The molecule has 0 bridgehead atoms. The zero-order valence-corrected chi connectivity index (χ0v) is 39.0. The topological polar surface area (TPSA) is 172 Å². The van der Waals surface area contributed by atoms with E-state index in [0.717, 1.165) is 54.9 Å². The van der Waals surface area contributed by atoms with Crippen molar-refractivity contribution >= 4 is 73.3 Å². The highest BCUT2D eigenvalue weighted by Gasteiger charge is 2.25. The van der Waals surface area contributed by atoms with Gasteiger partial charge in [-0.3, -0.25) is 19.7 Å². The molecule has 1 amide bonds. The Hall–Kier alpha value is -5.94. The van der Waals surface area contributed by atoms with Crippen LogP contribution in [0.25, 0.3) is 22.0 Å². The quantitative estimate of drug-likeness (QED) is 0.0323. The molecule has 5 aromatic carbocycles. The molecule has 2 heterocycles. The monoisotopic (exact) mass is 936 g/mol. The van der Waals surface area contributed by atoms with Crippen LogP contribution in [0.2, 0.25) is 5.02 Å². The van der Waals surface area contributed by atoms with Crippen molar-refractivity contribution in [3.05, 3.63) is 142 Å². The maximum Gasteiger partial charge on any atom is 0.407 e. The van der Waals surface area contributed by atoms with Crippen LogP contribution in [0.3, 0.4) is 0 Å². The summed E-state index contributed by atoms with van der Waals surface area (Å²) in [5.74, 6) is 0.650. The third kappa shape index (κ3) is 13.1. The summed E-state index contributed by atoms with van der Waals surface area (Å²) in [6.45, 7) is 9.92. The Balaban J connectivity index is 0.997. The van der Waals surface area contributed by atoms with Gasteiger partial charge in [0.25, 0.3) is 15.7 Å². The van der Waals surface area contributed by atoms with E-state index in [1.54, 1.807) is 38.6 Å². The first kappa shape index (κ1) is 47.0. The highest BCUT2D eigenvalue weighted by atomic mass is 35.5. The van der Waals surface area contributed by atoms with Gasteiger partial charge < -0.3 is 20.3 Å². The first-order valence-corrected chi connectivity index (χ1v) is 24.3. The molecule has 1 fully saturated rings. The second-order valence-corrected chi connectivity index (χ2v) is 20.0. The fourth-order valence-electron chi connectivity index (χ4n) is 7.59. The minimum Gasteiger partial charge on any atom is -0.444 e. The number of anilines is 3. The van der Waals surface area contributed by atoms with Crippen LogP contribution < -0.4 is 20.3 Å². The standard InChI is InChI=1S/C48H53ClN8O6S2/c1-48(2,3)63-47(58)50-24-10-9-12-37(32-64-39-13-5-4-6-14-39)53-43-23-21-40(30-45(43)57(59)60)65(61,62)54-46-42-22-20-38(29-44(42)51-33-52-46)56-27-25-55(26-28-56)31-35-11-7-8-15-41(35)34-16-18-36(49)19-17-34/h4-8,11,13-23,29-30,33,37,53H,9-10,12,24-28,31-32H2,1-3H3,(H,50,58)(H,51,52,54)/t37-/m1/s1. The number of aromatic nitrogens is 2.